The number of benzene rings is 3. The lowest BCUT2D eigenvalue weighted by atomic mass is 10.1. The minimum absolute atomic E-state index is 0.125. The highest BCUT2D eigenvalue weighted by molar-refractivity contribution is 6.06. The Kier molecular flexibility index (Phi) is 8.38. The van der Waals surface area contributed by atoms with Crippen molar-refractivity contribution in [2.24, 2.45) is 5.92 Å². The van der Waals surface area contributed by atoms with Crippen molar-refractivity contribution in [1.82, 2.24) is 10.2 Å². The molecule has 2 aliphatic rings. The van der Waals surface area contributed by atoms with Gasteiger partial charge in [0.05, 0.1) is 5.56 Å². The van der Waals surface area contributed by atoms with Crippen LogP contribution < -0.4 is 15.5 Å². The van der Waals surface area contributed by atoms with E-state index in [1.807, 2.05) is 4.90 Å². The van der Waals surface area contributed by atoms with Crippen molar-refractivity contribution < 1.29 is 23.2 Å². The Morgan fingerprint density at radius 2 is 1.52 bits per heavy atom. The monoisotopic (exact) mass is 546 g/mol. The number of anilines is 2. The zero-order valence-electron chi connectivity index (χ0n) is 22.2. The predicted octanol–water partition coefficient (Wildman–Crippen LogP) is 4.99. The first-order chi connectivity index (χ1) is 19.4. The van der Waals surface area contributed by atoms with E-state index in [1.54, 1.807) is 30.3 Å². The summed E-state index contributed by atoms with van der Waals surface area (Å²) in [5.41, 5.74) is 2.34. The van der Waals surface area contributed by atoms with Crippen molar-refractivity contribution in [2.75, 3.05) is 36.4 Å². The topological polar surface area (TPSA) is 81.8 Å². The minimum Gasteiger partial charge on any atom is -0.367 e. The summed E-state index contributed by atoms with van der Waals surface area (Å²) in [6.45, 7) is 2.49. The smallest absolute Gasteiger partial charge is 0.255 e. The summed E-state index contributed by atoms with van der Waals surface area (Å²) in [4.78, 5) is 43.0. The number of carbonyl (C=O) groups is 3. The Morgan fingerprint density at radius 3 is 2.23 bits per heavy atom. The quantitative estimate of drug-likeness (QED) is 0.438. The van der Waals surface area contributed by atoms with Gasteiger partial charge in [-0.3, -0.25) is 14.4 Å². The summed E-state index contributed by atoms with van der Waals surface area (Å²) in [6, 6.07) is 16.3. The molecule has 0 unspecified atom stereocenters. The van der Waals surface area contributed by atoms with Crippen LogP contribution in [0.3, 0.4) is 0 Å². The van der Waals surface area contributed by atoms with Crippen LogP contribution >= 0.6 is 0 Å². The summed E-state index contributed by atoms with van der Waals surface area (Å²) in [6.07, 6.45) is 4.13. The fraction of sp³-hybridized carbons (Fsp3) is 0.323. The third-order valence-corrected chi connectivity index (χ3v) is 7.59. The molecule has 7 nitrogen and oxygen atoms in total. The highest BCUT2D eigenvalue weighted by Crippen LogP contribution is 2.29. The number of halogens is 2. The average molecular weight is 547 g/mol. The molecule has 0 aromatic heterocycles. The van der Waals surface area contributed by atoms with E-state index in [0.29, 0.717) is 43.1 Å². The molecule has 3 amide bonds. The second-order valence-electron chi connectivity index (χ2n) is 10.3. The fourth-order valence-corrected chi connectivity index (χ4v) is 5.38. The van der Waals surface area contributed by atoms with E-state index in [0.717, 1.165) is 37.3 Å². The maximum absolute atomic E-state index is 13.6. The molecule has 2 fully saturated rings. The van der Waals surface area contributed by atoms with E-state index in [9.17, 15) is 23.2 Å². The maximum Gasteiger partial charge on any atom is 0.255 e. The number of carbonyl (C=O) groups excluding carboxylic acids is 3. The summed E-state index contributed by atoms with van der Waals surface area (Å²) < 4.78 is 26.9. The van der Waals surface area contributed by atoms with Gasteiger partial charge in [-0.05, 0) is 66.9 Å². The van der Waals surface area contributed by atoms with Gasteiger partial charge in [-0.2, -0.15) is 0 Å². The molecule has 1 heterocycles. The van der Waals surface area contributed by atoms with E-state index >= 15 is 0 Å². The molecule has 1 aliphatic carbocycles. The molecular weight excluding hydrogens is 514 g/mol. The Bertz CT molecular complexity index is 1380. The Balaban J connectivity index is 1.33. The molecule has 3 aromatic carbocycles. The van der Waals surface area contributed by atoms with E-state index in [-0.39, 0.29) is 35.7 Å². The standard InChI is InChI=1S/C31H32F2N4O3/c32-24-10-8-21(9-11-24)20-34-30(39)27-19-26(35-29(38)23-6-3-7-25(33)18-23)12-13-28(27)36-14-16-37(17-15-36)31(40)22-4-1-2-5-22/h3,6-13,18-19,22H,1-2,4-5,14-17,20H2,(H,34,39)(H,35,38). The number of nitrogens with zero attached hydrogens (tertiary/aromatic N) is 2. The molecule has 1 aliphatic heterocycles. The van der Waals surface area contributed by atoms with Gasteiger partial charge in [0.2, 0.25) is 5.91 Å². The number of amides is 3. The van der Waals surface area contributed by atoms with Gasteiger partial charge in [0.15, 0.2) is 0 Å². The van der Waals surface area contributed by atoms with Crippen molar-refractivity contribution in [1.29, 1.82) is 0 Å². The van der Waals surface area contributed by atoms with Gasteiger partial charge in [-0.15, -0.1) is 0 Å². The van der Waals surface area contributed by atoms with Crippen molar-refractivity contribution in [3.63, 3.8) is 0 Å². The van der Waals surface area contributed by atoms with Crippen molar-refractivity contribution in [3.05, 3.63) is 95.1 Å². The van der Waals surface area contributed by atoms with Gasteiger partial charge in [0, 0.05) is 55.6 Å². The molecule has 0 radical (unpaired) electrons. The van der Waals surface area contributed by atoms with Gasteiger partial charge >= 0.3 is 0 Å². The van der Waals surface area contributed by atoms with Gasteiger partial charge in [-0.1, -0.05) is 31.0 Å². The van der Waals surface area contributed by atoms with E-state index in [1.165, 1.54) is 30.3 Å². The third-order valence-electron chi connectivity index (χ3n) is 7.59. The number of hydrogen-bond acceptors (Lipinski definition) is 4. The van der Waals surface area contributed by atoms with Gasteiger partial charge in [-0.25, -0.2) is 8.78 Å². The maximum atomic E-state index is 13.6. The minimum atomic E-state index is -0.519. The predicted molar refractivity (Wildman–Crippen MR) is 149 cm³/mol. The van der Waals surface area contributed by atoms with Crippen LogP contribution in [0, 0.1) is 17.6 Å². The lowest BCUT2D eigenvalue weighted by Crippen LogP contribution is -2.50. The molecule has 0 bridgehead atoms. The normalized spacial score (nSPS) is 15.7. The summed E-state index contributed by atoms with van der Waals surface area (Å²) in [7, 11) is 0. The average Bonchev–Trinajstić information content (AvgIpc) is 3.52. The van der Waals surface area contributed by atoms with Crippen LogP contribution in [0.2, 0.25) is 0 Å². The highest BCUT2D eigenvalue weighted by atomic mass is 19.1. The highest BCUT2D eigenvalue weighted by Gasteiger charge is 2.30. The molecule has 9 heteroatoms. The number of hydrogen-bond donors (Lipinski definition) is 2. The molecule has 2 N–H and O–H groups in total. The fourth-order valence-electron chi connectivity index (χ4n) is 5.38. The zero-order chi connectivity index (χ0) is 28.1. The molecule has 5 rings (SSSR count). The van der Waals surface area contributed by atoms with Crippen LogP contribution in [0.25, 0.3) is 0 Å². The summed E-state index contributed by atoms with van der Waals surface area (Å²) in [5.74, 6) is -1.38. The Hall–Kier alpha value is -4.27. The van der Waals surface area contributed by atoms with E-state index < -0.39 is 11.7 Å². The zero-order valence-corrected chi connectivity index (χ0v) is 22.2. The van der Waals surface area contributed by atoms with E-state index in [2.05, 4.69) is 15.5 Å². The van der Waals surface area contributed by atoms with Crippen LogP contribution in [0.4, 0.5) is 20.2 Å². The molecule has 1 saturated heterocycles. The second-order valence-corrected chi connectivity index (χ2v) is 10.3. The lowest BCUT2D eigenvalue weighted by Gasteiger charge is -2.38. The second kappa shape index (κ2) is 12.3. The summed E-state index contributed by atoms with van der Waals surface area (Å²) in [5, 5.41) is 5.63. The molecule has 3 aromatic rings. The SMILES string of the molecule is O=C(Nc1ccc(N2CCN(C(=O)C3CCCC3)CC2)c(C(=O)NCc2ccc(F)cc2)c1)c1cccc(F)c1. The lowest BCUT2D eigenvalue weighted by molar-refractivity contribution is -0.135. The Labute approximate surface area is 232 Å². The molecule has 40 heavy (non-hydrogen) atoms. The van der Waals surface area contributed by atoms with E-state index in [4.69, 9.17) is 0 Å². The largest absolute Gasteiger partial charge is 0.367 e. The first-order valence-electron chi connectivity index (χ1n) is 13.6. The molecular formula is C31H32F2N4O3. The van der Waals surface area contributed by atoms with Crippen LogP contribution in [0.1, 0.15) is 52.0 Å². The first-order valence-corrected chi connectivity index (χ1v) is 13.6. The number of nitrogens with one attached hydrogen (secondary N) is 2. The first kappa shape index (κ1) is 27.3. The van der Waals surface area contributed by atoms with Crippen molar-refractivity contribution in [2.45, 2.75) is 32.2 Å². The van der Waals surface area contributed by atoms with Gasteiger partial charge in [0.1, 0.15) is 11.6 Å². The third kappa shape index (κ3) is 6.47. The van der Waals surface area contributed by atoms with Crippen LogP contribution in [0.5, 0.6) is 0 Å². The molecule has 0 atom stereocenters. The van der Waals surface area contributed by atoms with Crippen molar-refractivity contribution in [3.8, 4) is 0 Å². The molecule has 0 spiro atoms. The Morgan fingerprint density at radius 1 is 0.800 bits per heavy atom. The van der Waals surface area contributed by atoms with Crippen LogP contribution in [0.15, 0.2) is 66.7 Å². The summed E-state index contributed by atoms with van der Waals surface area (Å²) >= 11 is 0. The van der Waals surface area contributed by atoms with Crippen molar-refractivity contribution >= 4 is 29.1 Å². The van der Waals surface area contributed by atoms with Crippen LogP contribution in [-0.2, 0) is 11.3 Å². The molecule has 1 saturated carbocycles. The van der Waals surface area contributed by atoms with Gasteiger partial charge in [0.25, 0.3) is 11.8 Å². The van der Waals surface area contributed by atoms with Gasteiger partial charge < -0.3 is 20.4 Å². The number of piperazine rings is 1. The molecule has 208 valence electrons. The number of rotatable bonds is 7. The van der Waals surface area contributed by atoms with Crippen LogP contribution in [-0.4, -0.2) is 48.8 Å².